The Balaban J connectivity index is 1.99. The van der Waals surface area contributed by atoms with Crippen molar-refractivity contribution in [1.82, 2.24) is 0 Å². The molecule has 7 heteroatoms. The number of aliphatic hydroxyl groups is 3. The molecule has 0 unspecified atom stereocenters. The molecule has 22 heavy (non-hydrogen) atoms. The molecular formula is C15H20O7. The predicted octanol–water partition coefficient (Wildman–Crippen LogP) is -0.170. The zero-order chi connectivity index (χ0) is 15.9. The lowest BCUT2D eigenvalue weighted by Crippen LogP contribution is -2.60. The summed E-state index contributed by atoms with van der Waals surface area (Å²) < 4.78 is 22.1. The van der Waals surface area contributed by atoms with Gasteiger partial charge in [-0.05, 0) is 12.1 Å². The van der Waals surface area contributed by atoms with E-state index in [9.17, 15) is 15.3 Å². The first-order valence-corrected chi connectivity index (χ1v) is 7.10. The lowest BCUT2D eigenvalue weighted by atomic mass is 9.82. The van der Waals surface area contributed by atoms with Crippen molar-refractivity contribution < 1.29 is 34.3 Å². The largest absolute Gasteiger partial charge is 0.497 e. The molecule has 2 heterocycles. The normalized spacial score (nSPS) is 37.0. The molecule has 0 amide bonds. The van der Waals surface area contributed by atoms with Gasteiger partial charge >= 0.3 is 0 Å². The first-order valence-electron chi connectivity index (χ1n) is 7.10. The maximum absolute atomic E-state index is 10.4. The quantitative estimate of drug-likeness (QED) is 0.713. The highest BCUT2D eigenvalue weighted by atomic mass is 16.7. The van der Waals surface area contributed by atoms with Crippen molar-refractivity contribution >= 4 is 0 Å². The van der Waals surface area contributed by atoms with Crippen molar-refractivity contribution in [3.63, 3.8) is 0 Å². The maximum Gasteiger partial charge on any atom is 0.208 e. The summed E-state index contributed by atoms with van der Waals surface area (Å²) in [7, 11) is 3.08. The summed E-state index contributed by atoms with van der Waals surface area (Å²) in [4.78, 5) is 0. The average molecular weight is 312 g/mol. The Labute approximate surface area is 128 Å². The van der Waals surface area contributed by atoms with Gasteiger partial charge in [0.25, 0.3) is 0 Å². The Morgan fingerprint density at radius 1 is 1.18 bits per heavy atom. The minimum Gasteiger partial charge on any atom is -0.497 e. The third kappa shape index (κ3) is 2.35. The Hall–Kier alpha value is -1.38. The summed E-state index contributed by atoms with van der Waals surface area (Å²) in [6.45, 7) is -0.409. The van der Waals surface area contributed by atoms with Crippen molar-refractivity contribution in [2.75, 3.05) is 20.8 Å². The van der Waals surface area contributed by atoms with E-state index in [1.165, 1.54) is 7.11 Å². The van der Waals surface area contributed by atoms with E-state index in [1.807, 2.05) is 0 Å². The van der Waals surface area contributed by atoms with Crippen LogP contribution in [0.1, 0.15) is 11.7 Å². The number of hydrogen-bond acceptors (Lipinski definition) is 7. The molecule has 1 aromatic carbocycles. The summed E-state index contributed by atoms with van der Waals surface area (Å²) >= 11 is 0. The SMILES string of the molecule is COc1ccc2c(c1)O[C@H]1O[C@H](CO)[C@H](O)[C@H](O)[C@H]1[C@H]2OC. The maximum atomic E-state index is 10.4. The number of ether oxygens (including phenoxy) is 4. The molecule has 0 radical (unpaired) electrons. The highest BCUT2D eigenvalue weighted by Gasteiger charge is 2.52. The number of fused-ring (bicyclic) bond motifs is 2. The third-order valence-electron chi connectivity index (χ3n) is 4.30. The van der Waals surface area contributed by atoms with E-state index >= 15 is 0 Å². The van der Waals surface area contributed by atoms with Gasteiger partial charge < -0.3 is 34.3 Å². The number of rotatable bonds is 3. The lowest BCUT2D eigenvalue weighted by Gasteiger charge is -2.47. The molecule has 0 saturated carbocycles. The molecule has 3 rings (SSSR count). The first-order chi connectivity index (χ1) is 10.6. The molecule has 1 fully saturated rings. The van der Waals surface area contributed by atoms with Crippen LogP contribution in [0.3, 0.4) is 0 Å². The van der Waals surface area contributed by atoms with Crippen LogP contribution >= 0.6 is 0 Å². The standard InChI is InChI=1S/C15H20O7/c1-19-7-3-4-8-9(5-7)21-15-11(14(8)20-2)13(18)12(17)10(6-16)22-15/h3-5,10-18H,6H2,1-2H3/t10-,11+,12+,13-,14+,15+/m1/s1. The molecule has 2 aliphatic heterocycles. The highest BCUT2D eigenvalue weighted by Crippen LogP contribution is 2.46. The van der Waals surface area contributed by atoms with E-state index in [-0.39, 0.29) is 0 Å². The Morgan fingerprint density at radius 3 is 2.59 bits per heavy atom. The second-order valence-corrected chi connectivity index (χ2v) is 5.46. The predicted molar refractivity (Wildman–Crippen MR) is 74.6 cm³/mol. The van der Waals surface area contributed by atoms with Gasteiger partial charge in [-0.15, -0.1) is 0 Å². The van der Waals surface area contributed by atoms with Gasteiger partial charge in [-0.1, -0.05) is 0 Å². The van der Waals surface area contributed by atoms with Crippen LogP contribution < -0.4 is 9.47 Å². The van der Waals surface area contributed by atoms with E-state index in [2.05, 4.69) is 0 Å². The molecule has 0 spiro atoms. The van der Waals surface area contributed by atoms with E-state index < -0.39 is 43.2 Å². The first kappa shape index (κ1) is 15.5. The zero-order valence-corrected chi connectivity index (χ0v) is 12.4. The third-order valence-corrected chi connectivity index (χ3v) is 4.30. The van der Waals surface area contributed by atoms with Crippen LogP contribution in [0, 0.1) is 5.92 Å². The Morgan fingerprint density at radius 2 is 1.95 bits per heavy atom. The number of methoxy groups -OCH3 is 2. The van der Waals surface area contributed by atoms with Crippen LogP contribution in [-0.4, -0.2) is 60.7 Å². The monoisotopic (exact) mass is 312 g/mol. The van der Waals surface area contributed by atoms with Gasteiger partial charge in [-0.3, -0.25) is 0 Å². The molecule has 6 atom stereocenters. The summed E-state index contributed by atoms with van der Waals surface area (Å²) in [5, 5.41) is 29.7. The van der Waals surface area contributed by atoms with Gasteiger partial charge in [0.05, 0.1) is 31.8 Å². The second-order valence-electron chi connectivity index (χ2n) is 5.46. The Bertz CT molecular complexity index is 535. The molecule has 0 aromatic heterocycles. The summed E-state index contributed by atoms with van der Waals surface area (Å²) in [6.07, 6.45) is -4.55. The minimum absolute atomic E-state index is 0.409. The lowest BCUT2D eigenvalue weighted by molar-refractivity contribution is -0.285. The highest BCUT2D eigenvalue weighted by molar-refractivity contribution is 5.44. The molecule has 1 saturated heterocycles. The van der Waals surface area contributed by atoms with Crippen LogP contribution in [0.2, 0.25) is 0 Å². The van der Waals surface area contributed by atoms with Gasteiger partial charge in [0, 0.05) is 18.7 Å². The second kappa shape index (κ2) is 6.02. The fourth-order valence-electron chi connectivity index (χ4n) is 3.13. The van der Waals surface area contributed by atoms with E-state index in [0.29, 0.717) is 11.5 Å². The molecule has 0 aliphatic carbocycles. The molecule has 1 aromatic rings. The molecule has 7 nitrogen and oxygen atoms in total. The van der Waals surface area contributed by atoms with Gasteiger partial charge in [-0.25, -0.2) is 0 Å². The molecule has 122 valence electrons. The van der Waals surface area contributed by atoms with Crippen LogP contribution in [-0.2, 0) is 9.47 Å². The Kier molecular flexibility index (Phi) is 4.24. The van der Waals surface area contributed by atoms with E-state index in [0.717, 1.165) is 5.56 Å². The minimum atomic E-state index is -1.20. The molecule has 3 N–H and O–H groups in total. The summed E-state index contributed by atoms with van der Waals surface area (Å²) in [6, 6.07) is 5.29. The molecule has 0 bridgehead atoms. The van der Waals surface area contributed by atoms with E-state index in [4.69, 9.17) is 18.9 Å². The zero-order valence-electron chi connectivity index (χ0n) is 12.4. The molecule has 2 aliphatic rings. The fraction of sp³-hybridized carbons (Fsp3) is 0.600. The topological polar surface area (TPSA) is 97.6 Å². The van der Waals surface area contributed by atoms with Crippen molar-refractivity contribution in [2.45, 2.75) is 30.7 Å². The van der Waals surface area contributed by atoms with Crippen LogP contribution in [0.4, 0.5) is 0 Å². The van der Waals surface area contributed by atoms with Gasteiger partial charge in [0.1, 0.15) is 23.7 Å². The number of benzene rings is 1. The molecular weight excluding hydrogens is 292 g/mol. The van der Waals surface area contributed by atoms with Gasteiger partial charge in [0.15, 0.2) is 0 Å². The van der Waals surface area contributed by atoms with Crippen LogP contribution in [0.25, 0.3) is 0 Å². The van der Waals surface area contributed by atoms with Crippen molar-refractivity contribution in [3.8, 4) is 11.5 Å². The van der Waals surface area contributed by atoms with Crippen LogP contribution in [0.15, 0.2) is 18.2 Å². The number of aliphatic hydroxyl groups excluding tert-OH is 3. The average Bonchev–Trinajstić information content (AvgIpc) is 2.55. The van der Waals surface area contributed by atoms with Crippen molar-refractivity contribution in [1.29, 1.82) is 0 Å². The smallest absolute Gasteiger partial charge is 0.208 e. The van der Waals surface area contributed by atoms with Crippen LogP contribution in [0.5, 0.6) is 11.5 Å². The van der Waals surface area contributed by atoms with Crippen molar-refractivity contribution in [2.24, 2.45) is 5.92 Å². The van der Waals surface area contributed by atoms with Gasteiger partial charge in [0.2, 0.25) is 6.29 Å². The van der Waals surface area contributed by atoms with Gasteiger partial charge in [-0.2, -0.15) is 0 Å². The fourth-order valence-corrected chi connectivity index (χ4v) is 3.13. The summed E-state index contributed by atoms with van der Waals surface area (Å²) in [5.74, 6) is 0.568. The van der Waals surface area contributed by atoms with Crippen molar-refractivity contribution in [3.05, 3.63) is 23.8 Å². The number of hydrogen-bond donors (Lipinski definition) is 3. The van der Waals surface area contributed by atoms with E-state index in [1.54, 1.807) is 25.3 Å². The summed E-state index contributed by atoms with van der Waals surface area (Å²) in [5.41, 5.74) is 0.752.